The molecule has 2 aromatic carbocycles. The average Bonchev–Trinajstić information content (AvgIpc) is 2.38. The largest absolute Gasteiger partial charge is 0.496 e. The minimum atomic E-state index is -0.257. The molecule has 0 fully saturated rings. The van der Waals surface area contributed by atoms with E-state index in [1.165, 1.54) is 12.1 Å². The molecular weight excluding hydrogens is 249 g/mol. The van der Waals surface area contributed by atoms with Crippen LogP contribution in [0.15, 0.2) is 47.4 Å². The van der Waals surface area contributed by atoms with Crippen molar-refractivity contribution in [1.29, 1.82) is 0 Å². The molecule has 0 radical (unpaired) electrons. The fourth-order valence-electron chi connectivity index (χ4n) is 1.63. The van der Waals surface area contributed by atoms with Gasteiger partial charge in [0.15, 0.2) is 0 Å². The van der Waals surface area contributed by atoms with Crippen LogP contribution in [0.4, 0.5) is 10.1 Å². The fraction of sp³-hybridized carbons (Fsp3) is 0.143. The van der Waals surface area contributed by atoms with Crippen molar-refractivity contribution in [3.05, 3.63) is 53.8 Å². The summed E-state index contributed by atoms with van der Waals surface area (Å²) in [6, 6.07) is 12.1. The number of ether oxygens (including phenoxy) is 1. The van der Waals surface area contributed by atoms with Gasteiger partial charge < -0.3 is 10.5 Å². The topological polar surface area (TPSA) is 35.2 Å². The molecule has 0 aliphatic carbocycles. The van der Waals surface area contributed by atoms with Gasteiger partial charge in [-0.1, -0.05) is 12.1 Å². The number of nitrogens with two attached hydrogens (primary N) is 1. The van der Waals surface area contributed by atoms with E-state index >= 15 is 0 Å². The number of halogens is 1. The molecule has 2 aromatic rings. The van der Waals surface area contributed by atoms with Gasteiger partial charge in [0, 0.05) is 21.9 Å². The van der Waals surface area contributed by atoms with Gasteiger partial charge in [-0.25, -0.2) is 4.39 Å². The second kappa shape index (κ2) is 5.78. The molecule has 0 saturated heterocycles. The molecule has 0 aliphatic rings. The van der Waals surface area contributed by atoms with Gasteiger partial charge in [0.1, 0.15) is 11.6 Å². The lowest BCUT2D eigenvalue weighted by molar-refractivity contribution is 0.410. The number of nitrogen functional groups attached to an aromatic ring is 1. The number of anilines is 1. The van der Waals surface area contributed by atoms with E-state index in [-0.39, 0.29) is 5.82 Å². The number of methoxy groups -OCH3 is 1. The first kappa shape index (κ1) is 12.8. The Morgan fingerprint density at radius 2 is 2.00 bits per heavy atom. The molecule has 2 N–H and O–H groups in total. The third-order valence-electron chi connectivity index (χ3n) is 2.54. The average molecular weight is 263 g/mol. The lowest BCUT2D eigenvalue weighted by Crippen LogP contribution is -1.93. The number of para-hydroxylation sites is 1. The third kappa shape index (κ3) is 2.96. The van der Waals surface area contributed by atoms with Crippen LogP contribution in [0.5, 0.6) is 5.75 Å². The lowest BCUT2D eigenvalue weighted by atomic mass is 10.2. The SMILES string of the molecule is COc1ccc(F)cc1CSc1ccccc1N. The molecule has 0 aliphatic heterocycles. The summed E-state index contributed by atoms with van der Waals surface area (Å²) in [5.74, 6) is 1.06. The van der Waals surface area contributed by atoms with E-state index in [9.17, 15) is 4.39 Å². The van der Waals surface area contributed by atoms with E-state index in [1.54, 1.807) is 24.9 Å². The Morgan fingerprint density at radius 3 is 2.72 bits per heavy atom. The third-order valence-corrected chi connectivity index (χ3v) is 3.68. The Labute approximate surface area is 110 Å². The van der Waals surface area contributed by atoms with Crippen molar-refractivity contribution in [2.45, 2.75) is 10.6 Å². The van der Waals surface area contributed by atoms with Crippen LogP contribution < -0.4 is 10.5 Å². The second-order valence-electron chi connectivity index (χ2n) is 3.78. The van der Waals surface area contributed by atoms with Crippen molar-refractivity contribution in [3.63, 3.8) is 0 Å². The summed E-state index contributed by atoms with van der Waals surface area (Å²) in [7, 11) is 1.58. The summed E-state index contributed by atoms with van der Waals surface area (Å²) in [6.07, 6.45) is 0. The molecule has 0 unspecified atom stereocenters. The summed E-state index contributed by atoms with van der Waals surface area (Å²) in [4.78, 5) is 0.990. The minimum Gasteiger partial charge on any atom is -0.496 e. The second-order valence-corrected chi connectivity index (χ2v) is 4.80. The molecule has 18 heavy (non-hydrogen) atoms. The highest BCUT2D eigenvalue weighted by atomic mass is 32.2. The fourth-order valence-corrected chi connectivity index (χ4v) is 2.57. The molecule has 0 amide bonds. The van der Waals surface area contributed by atoms with E-state index in [0.29, 0.717) is 11.5 Å². The summed E-state index contributed by atoms with van der Waals surface area (Å²) in [6.45, 7) is 0. The number of hydrogen-bond donors (Lipinski definition) is 1. The van der Waals surface area contributed by atoms with E-state index in [0.717, 1.165) is 16.1 Å². The Morgan fingerprint density at radius 1 is 1.22 bits per heavy atom. The van der Waals surface area contributed by atoms with Gasteiger partial charge in [0.05, 0.1) is 7.11 Å². The molecule has 2 nitrogen and oxygen atoms in total. The Balaban J connectivity index is 2.15. The highest BCUT2D eigenvalue weighted by Crippen LogP contribution is 2.31. The van der Waals surface area contributed by atoms with E-state index < -0.39 is 0 Å². The predicted octanol–water partition coefficient (Wildman–Crippen LogP) is 3.71. The zero-order valence-corrected chi connectivity index (χ0v) is 10.8. The summed E-state index contributed by atoms with van der Waals surface area (Å²) < 4.78 is 18.4. The normalized spacial score (nSPS) is 10.3. The van der Waals surface area contributed by atoms with Gasteiger partial charge in [-0.05, 0) is 30.3 Å². The first-order valence-electron chi connectivity index (χ1n) is 5.50. The van der Waals surface area contributed by atoms with E-state index in [4.69, 9.17) is 10.5 Å². The van der Waals surface area contributed by atoms with Gasteiger partial charge >= 0.3 is 0 Å². The van der Waals surface area contributed by atoms with Crippen molar-refractivity contribution in [3.8, 4) is 5.75 Å². The highest BCUT2D eigenvalue weighted by Gasteiger charge is 2.06. The van der Waals surface area contributed by atoms with Crippen LogP contribution >= 0.6 is 11.8 Å². The summed E-state index contributed by atoms with van der Waals surface area (Å²) >= 11 is 1.57. The van der Waals surface area contributed by atoms with Crippen LogP contribution in [0.1, 0.15) is 5.56 Å². The van der Waals surface area contributed by atoms with Gasteiger partial charge in [0.2, 0.25) is 0 Å². The predicted molar refractivity (Wildman–Crippen MR) is 73.4 cm³/mol. The van der Waals surface area contributed by atoms with Crippen molar-refractivity contribution in [2.24, 2.45) is 0 Å². The lowest BCUT2D eigenvalue weighted by Gasteiger charge is -2.09. The van der Waals surface area contributed by atoms with E-state index in [2.05, 4.69) is 0 Å². The maximum absolute atomic E-state index is 13.2. The molecular formula is C14H14FNOS. The Hall–Kier alpha value is -1.68. The maximum Gasteiger partial charge on any atom is 0.123 e. The molecule has 0 aromatic heterocycles. The molecule has 0 heterocycles. The van der Waals surface area contributed by atoms with Crippen LogP contribution in [0, 0.1) is 5.82 Å². The molecule has 0 spiro atoms. The van der Waals surface area contributed by atoms with Crippen LogP contribution in [-0.4, -0.2) is 7.11 Å². The summed E-state index contributed by atoms with van der Waals surface area (Å²) in [5, 5.41) is 0. The van der Waals surface area contributed by atoms with Gasteiger partial charge in [-0.3, -0.25) is 0 Å². The Bertz CT molecular complexity index is 545. The Kier molecular flexibility index (Phi) is 4.10. The number of hydrogen-bond acceptors (Lipinski definition) is 3. The minimum absolute atomic E-state index is 0.257. The molecule has 94 valence electrons. The molecule has 4 heteroatoms. The van der Waals surface area contributed by atoms with Gasteiger partial charge in [-0.15, -0.1) is 11.8 Å². The van der Waals surface area contributed by atoms with Crippen molar-refractivity contribution in [2.75, 3.05) is 12.8 Å². The van der Waals surface area contributed by atoms with Crippen LogP contribution in [0.3, 0.4) is 0 Å². The van der Waals surface area contributed by atoms with Crippen LogP contribution in [0.2, 0.25) is 0 Å². The first-order valence-corrected chi connectivity index (χ1v) is 6.49. The smallest absolute Gasteiger partial charge is 0.123 e. The number of benzene rings is 2. The van der Waals surface area contributed by atoms with Crippen molar-refractivity contribution >= 4 is 17.4 Å². The van der Waals surface area contributed by atoms with Gasteiger partial charge in [0.25, 0.3) is 0 Å². The standard InChI is InChI=1S/C14H14FNOS/c1-17-13-7-6-11(15)8-10(13)9-18-14-5-3-2-4-12(14)16/h2-8H,9,16H2,1H3. The highest BCUT2D eigenvalue weighted by molar-refractivity contribution is 7.98. The zero-order valence-electron chi connectivity index (χ0n) is 10.0. The number of thioether (sulfide) groups is 1. The molecule has 0 atom stereocenters. The summed E-state index contributed by atoms with van der Waals surface area (Å²) in [5.41, 5.74) is 7.42. The monoisotopic (exact) mass is 263 g/mol. The van der Waals surface area contributed by atoms with Crippen LogP contribution in [0.25, 0.3) is 0 Å². The first-order chi connectivity index (χ1) is 8.70. The van der Waals surface area contributed by atoms with Crippen LogP contribution in [-0.2, 0) is 5.75 Å². The van der Waals surface area contributed by atoms with Crippen molar-refractivity contribution in [1.82, 2.24) is 0 Å². The molecule has 2 rings (SSSR count). The van der Waals surface area contributed by atoms with Gasteiger partial charge in [-0.2, -0.15) is 0 Å². The number of rotatable bonds is 4. The zero-order chi connectivity index (χ0) is 13.0. The molecule has 0 saturated carbocycles. The van der Waals surface area contributed by atoms with Crippen molar-refractivity contribution < 1.29 is 9.13 Å². The maximum atomic E-state index is 13.2. The quantitative estimate of drug-likeness (QED) is 0.674. The van der Waals surface area contributed by atoms with E-state index in [1.807, 2.05) is 24.3 Å². The molecule has 0 bridgehead atoms.